The van der Waals surface area contributed by atoms with E-state index in [1.54, 1.807) is 0 Å². The maximum Gasteiger partial charge on any atom is 0.137 e. The molecule has 9 aromatic heterocycles. The van der Waals surface area contributed by atoms with Gasteiger partial charge in [0, 0.05) is 102 Å². The number of hydrogen-bond donors (Lipinski definition) is 0. The van der Waals surface area contributed by atoms with Gasteiger partial charge in [-0.2, -0.15) is 0 Å². The summed E-state index contributed by atoms with van der Waals surface area (Å²) in [4.78, 5) is 14.7. The van der Waals surface area contributed by atoms with Crippen LogP contribution in [0.2, 0.25) is 0 Å². The third kappa shape index (κ3) is 9.60. The zero-order valence-corrected chi connectivity index (χ0v) is 52.1. The van der Waals surface area contributed by atoms with Crippen molar-refractivity contribution >= 4 is 82.4 Å². The summed E-state index contributed by atoms with van der Waals surface area (Å²) >= 11 is 0. The number of fused-ring (bicyclic) bond motifs is 12. The Kier molecular flexibility index (Phi) is 13.7. The van der Waals surface area contributed by atoms with Crippen molar-refractivity contribution in [3.8, 4) is 73.3 Å². The minimum atomic E-state index is 0.947. The molecule has 0 amide bonds. The van der Waals surface area contributed by atoms with Crippen molar-refractivity contribution in [3.05, 3.63) is 358 Å². The van der Waals surface area contributed by atoms with Gasteiger partial charge in [-0.1, -0.05) is 224 Å². The summed E-state index contributed by atoms with van der Waals surface area (Å²) in [5.74, 6) is 0. The normalized spacial score (nSPS) is 11.5. The standard InChI is InChI=1S/2C31H21N3.C25H17N3/c1-2-10-23(11-3-1)31-30(32-29-16-8-9-21-33(29)31)22-17-19-24(20-18-22)34-27-14-6-4-12-25(27)26-13-5-7-15-28(26)34;1-2-10-22(11-3-1)30-31(33-21-9-8-16-29(33)32-30)23-17-19-24(20-18-23)34-27-14-6-4-12-25(27)26-13-5-7-15-28(26)34;1-3-9-23-20(7-1)21-8-2-4-10-24(21)28(23)19-14-12-18(13-15-19)22-17-27-16-6-5-11-25(27)26-22/h2*1-21H;1-17H. The number of para-hydroxylation sites is 6. The highest BCUT2D eigenvalue weighted by atomic mass is 15.0. The zero-order valence-electron chi connectivity index (χ0n) is 52.1. The van der Waals surface area contributed by atoms with E-state index in [0.29, 0.717) is 0 Å². The molecule has 0 spiro atoms. The first-order valence-electron chi connectivity index (χ1n) is 32.4. The van der Waals surface area contributed by atoms with Crippen LogP contribution in [0.1, 0.15) is 0 Å². The Labute approximate surface area is 552 Å². The van der Waals surface area contributed by atoms with Gasteiger partial charge in [0.25, 0.3) is 0 Å². The van der Waals surface area contributed by atoms with Gasteiger partial charge in [-0.25, -0.2) is 15.0 Å². The monoisotopic (exact) mass is 1230 g/mol. The fourth-order valence-corrected chi connectivity index (χ4v) is 14.1. The smallest absolute Gasteiger partial charge is 0.137 e. The van der Waals surface area contributed by atoms with Crippen molar-refractivity contribution < 1.29 is 0 Å². The first kappa shape index (κ1) is 55.7. The first-order valence-corrected chi connectivity index (χ1v) is 32.4. The van der Waals surface area contributed by atoms with Crippen LogP contribution in [0.5, 0.6) is 0 Å². The van der Waals surface area contributed by atoms with Gasteiger partial charge in [0.2, 0.25) is 0 Å². The Bertz CT molecular complexity index is 6050. The summed E-state index contributed by atoms with van der Waals surface area (Å²) in [6.07, 6.45) is 8.27. The molecule has 20 rings (SSSR count). The van der Waals surface area contributed by atoms with Gasteiger partial charge in [-0.3, -0.25) is 8.80 Å². The van der Waals surface area contributed by atoms with E-state index >= 15 is 0 Å². The van der Waals surface area contributed by atoms with E-state index in [-0.39, 0.29) is 0 Å². The molecule has 11 aromatic carbocycles. The second kappa shape index (κ2) is 23.5. The fourth-order valence-electron chi connectivity index (χ4n) is 14.1. The molecule has 0 saturated carbocycles. The molecule has 0 saturated heterocycles. The van der Waals surface area contributed by atoms with Crippen LogP contribution in [-0.2, 0) is 0 Å². The molecular weight excluding hydrogens is 1170 g/mol. The Morgan fingerprint density at radius 2 is 0.500 bits per heavy atom. The van der Waals surface area contributed by atoms with E-state index in [1.807, 2.05) is 48.7 Å². The molecule has 0 aliphatic heterocycles. The largest absolute Gasteiger partial charge is 0.309 e. The van der Waals surface area contributed by atoms with Crippen LogP contribution in [0.3, 0.4) is 0 Å². The van der Waals surface area contributed by atoms with Crippen LogP contribution in [0, 0.1) is 0 Å². The number of hydrogen-bond acceptors (Lipinski definition) is 3. The molecule has 0 bridgehead atoms. The van der Waals surface area contributed by atoms with Gasteiger partial charge in [0.15, 0.2) is 0 Å². The molecule has 20 aromatic rings. The number of benzene rings is 11. The second-order valence-electron chi connectivity index (χ2n) is 24.0. The SMILES string of the molecule is c1ccc(-c2c(-c3ccc(-n4c5ccccc5c5ccccc54)cc3)nc3ccccn23)cc1.c1ccc(-c2nc3ccccn3c2-c2ccc(-n3c4ccccc4c4ccccc43)cc2)cc1.c1ccc2c(c1)c1ccccc1n2-c1ccc(-c2cn3ccccc3n2)cc1. The maximum absolute atomic E-state index is 5.01. The number of pyridine rings is 3. The number of aromatic nitrogens is 9. The predicted molar refractivity (Wildman–Crippen MR) is 396 cm³/mol. The van der Waals surface area contributed by atoms with Gasteiger partial charge in [0.05, 0.1) is 61.6 Å². The highest BCUT2D eigenvalue weighted by Crippen LogP contribution is 2.39. The van der Waals surface area contributed by atoms with Crippen molar-refractivity contribution in [1.29, 1.82) is 0 Å². The van der Waals surface area contributed by atoms with Crippen LogP contribution in [0.4, 0.5) is 0 Å². The number of imidazole rings is 3. The average Bonchev–Trinajstić information content (AvgIpc) is 1.64. The third-order valence-electron chi connectivity index (χ3n) is 18.5. The lowest BCUT2D eigenvalue weighted by Crippen LogP contribution is -1.94. The van der Waals surface area contributed by atoms with Gasteiger partial charge < -0.3 is 18.1 Å². The van der Waals surface area contributed by atoms with E-state index in [4.69, 9.17) is 15.0 Å². The summed E-state index contributed by atoms with van der Waals surface area (Å²) in [5, 5.41) is 7.65. The molecule has 452 valence electrons. The van der Waals surface area contributed by atoms with Crippen LogP contribution < -0.4 is 0 Å². The summed E-state index contributed by atoms with van der Waals surface area (Å²) in [7, 11) is 0. The molecule has 9 nitrogen and oxygen atoms in total. The third-order valence-corrected chi connectivity index (χ3v) is 18.5. The molecule has 0 fully saturated rings. The van der Waals surface area contributed by atoms with Crippen molar-refractivity contribution in [3.63, 3.8) is 0 Å². The second-order valence-corrected chi connectivity index (χ2v) is 24.0. The molecular formula is C87H59N9. The van der Waals surface area contributed by atoms with Gasteiger partial charge in [0.1, 0.15) is 16.9 Å². The molecule has 9 heteroatoms. The summed E-state index contributed by atoms with van der Waals surface area (Å²) < 4.78 is 13.4. The van der Waals surface area contributed by atoms with Gasteiger partial charge in [-0.05, 0) is 109 Å². The lowest BCUT2D eigenvalue weighted by atomic mass is 10.0. The molecule has 0 aliphatic carbocycles. The molecule has 0 radical (unpaired) electrons. The summed E-state index contributed by atoms with van der Waals surface area (Å²) in [5.41, 5.74) is 24.5. The molecule has 0 unspecified atom stereocenters. The van der Waals surface area contributed by atoms with Gasteiger partial charge >= 0.3 is 0 Å². The van der Waals surface area contributed by atoms with Crippen LogP contribution in [0.15, 0.2) is 358 Å². The molecule has 9 heterocycles. The van der Waals surface area contributed by atoms with Gasteiger partial charge in [-0.15, -0.1) is 0 Å². The minimum Gasteiger partial charge on any atom is -0.309 e. The van der Waals surface area contributed by atoms with E-state index in [9.17, 15) is 0 Å². The lowest BCUT2D eigenvalue weighted by molar-refractivity contribution is 1.17. The van der Waals surface area contributed by atoms with Crippen molar-refractivity contribution in [2.75, 3.05) is 0 Å². The predicted octanol–water partition coefficient (Wildman–Crippen LogP) is 21.6. The van der Waals surface area contributed by atoms with Crippen LogP contribution in [-0.4, -0.2) is 41.9 Å². The van der Waals surface area contributed by atoms with E-state index in [1.165, 1.54) is 65.4 Å². The number of nitrogens with zero attached hydrogens (tertiary/aromatic N) is 9. The van der Waals surface area contributed by atoms with Crippen molar-refractivity contribution in [1.82, 2.24) is 41.9 Å². The molecule has 0 aliphatic rings. The van der Waals surface area contributed by atoms with E-state index in [2.05, 4.69) is 337 Å². The number of rotatable bonds is 8. The Morgan fingerprint density at radius 3 is 0.885 bits per heavy atom. The topological polar surface area (TPSA) is 66.7 Å². The Hall–Kier alpha value is -13.1. The van der Waals surface area contributed by atoms with E-state index < -0.39 is 0 Å². The quantitative estimate of drug-likeness (QED) is 0.152. The van der Waals surface area contributed by atoms with Crippen LogP contribution in [0.25, 0.3) is 156 Å². The van der Waals surface area contributed by atoms with Crippen molar-refractivity contribution in [2.24, 2.45) is 0 Å². The summed E-state index contributed by atoms with van der Waals surface area (Å²) in [6, 6.07) is 117. The molecule has 96 heavy (non-hydrogen) atoms. The summed E-state index contributed by atoms with van der Waals surface area (Å²) in [6.45, 7) is 0. The first-order chi connectivity index (χ1) is 47.6. The lowest BCUT2D eigenvalue weighted by Gasteiger charge is -2.10. The van der Waals surface area contributed by atoms with Crippen LogP contribution >= 0.6 is 0 Å². The fraction of sp³-hybridized carbons (Fsp3) is 0. The molecule has 0 atom stereocenters. The molecule has 0 N–H and O–H groups in total. The zero-order chi connectivity index (χ0) is 63.5. The van der Waals surface area contributed by atoms with E-state index in [0.717, 1.165) is 90.3 Å². The Morgan fingerprint density at radius 1 is 0.208 bits per heavy atom. The Balaban J connectivity index is 0.000000106. The minimum absolute atomic E-state index is 0.947. The maximum atomic E-state index is 5.01. The highest BCUT2D eigenvalue weighted by molar-refractivity contribution is 6.11. The highest BCUT2D eigenvalue weighted by Gasteiger charge is 2.20. The van der Waals surface area contributed by atoms with Crippen molar-refractivity contribution in [2.45, 2.75) is 0 Å². The average molecular weight is 1230 g/mol.